The summed E-state index contributed by atoms with van der Waals surface area (Å²) < 4.78 is 4.86. The van der Waals surface area contributed by atoms with E-state index in [-0.39, 0.29) is 6.61 Å². The summed E-state index contributed by atoms with van der Waals surface area (Å²) >= 11 is 1.29. The van der Waals surface area contributed by atoms with E-state index < -0.39 is 11.9 Å². The Hall–Kier alpha value is -2.41. The van der Waals surface area contributed by atoms with Crippen LogP contribution in [0.15, 0.2) is 35.8 Å². The maximum absolute atomic E-state index is 11.6. The van der Waals surface area contributed by atoms with Crippen molar-refractivity contribution >= 4 is 34.0 Å². The second-order valence-electron chi connectivity index (χ2n) is 3.58. The highest BCUT2D eigenvalue weighted by Gasteiger charge is 2.10. The zero-order valence-electron chi connectivity index (χ0n) is 9.83. The number of esters is 1. The first-order valence-corrected chi connectivity index (χ1v) is 6.25. The Morgan fingerprint density at radius 2 is 2.05 bits per heavy atom. The molecule has 0 unspecified atom stereocenters. The molecule has 1 aromatic heterocycles. The number of nitrogens with one attached hydrogen (secondary N) is 1. The van der Waals surface area contributed by atoms with Crippen LogP contribution in [0.4, 0.5) is 10.8 Å². The van der Waals surface area contributed by atoms with Crippen LogP contribution >= 0.6 is 11.3 Å². The van der Waals surface area contributed by atoms with Crippen molar-refractivity contribution in [2.24, 2.45) is 0 Å². The highest BCUT2D eigenvalue weighted by atomic mass is 32.1. The molecule has 0 fully saturated rings. The van der Waals surface area contributed by atoms with Gasteiger partial charge in [0.05, 0.1) is 5.56 Å². The van der Waals surface area contributed by atoms with E-state index in [1.165, 1.54) is 23.5 Å². The average molecular weight is 277 g/mol. The number of nitrogen functional groups attached to an aromatic ring is 1. The molecule has 0 saturated carbocycles. The molecule has 0 aliphatic rings. The van der Waals surface area contributed by atoms with Gasteiger partial charge in [-0.1, -0.05) is 0 Å². The summed E-state index contributed by atoms with van der Waals surface area (Å²) in [6, 6.07) is 6.26. The first-order valence-electron chi connectivity index (χ1n) is 5.37. The number of nitrogens with two attached hydrogens (primary N) is 1. The number of nitrogens with zero attached hydrogens (tertiary/aromatic N) is 1. The predicted molar refractivity (Wildman–Crippen MR) is 71.9 cm³/mol. The molecule has 1 aromatic carbocycles. The molecular formula is C12H11N3O3S. The number of carbonyl (C=O) groups is 2. The lowest BCUT2D eigenvalue weighted by Crippen LogP contribution is -2.20. The minimum atomic E-state index is -0.575. The molecule has 0 aliphatic heterocycles. The van der Waals surface area contributed by atoms with Crippen LogP contribution in [0.1, 0.15) is 10.4 Å². The SMILES string of the molecule is Nc1ccc(C(=O)OCC(=O)Nc2nccs2)cc1. The van der Waals surface area contributed by atoms with Crippen molar-refractivity contribution in [1.82, 2.24) is 4.98 Å². The molecular weight excluding hydrogens is 266 g/mol. The third-order valence-electron chi connectivity index (χ3n) is 2.16. The minimum Gasteiger partial charge on any atom is -0.452 e. The number of thiazole rings is 1. The van der Waals surface area contributed by atoms with Crippen molar-refractivity contribution < 1.29 is 14.3 Å². The van der Waals surface area contributed by atoms with E-state index in [1.807, 2.05) is 0 Å². The van der Waals surface area contributed by atoms with Crippen LogP contribution in [0.2, 0.25) is 0 Å². The van der Waals surface area contributed by atoms with Crippen LogP contribution < -0.4 is 11.1 Å². The molecule has 2 aromatic rings. The summed E-state index contributed by atoms with van der Waals surface area (Å²) in [7, 11) is 0. The summed E-state index contributed by atoms with van der Waals surface area (Å²) in [6.07, 6.45) is 1.57. The number of hydrogen-bond acceptors (Lipinski definition) is 6. The molecule has 6 nitrogen and oxygen atoms in total. The van der Waals surface area contributed by atoms with E-state index in [1.54, 1.807) is 23.7 Å². The number of rotatable bonds is 4. The Morgan fingerprint density at radius 1 is 1.32 bits per heavy atom. The van der Waals surface area contributed by atoms with E-state index in [0.717, 1.165) is 0 Å². The molecule has 98 valence electrons. The van der Waals surface area contributed by atoms with Gasteiger partial charge >= 0.3 is 5.97 Å². The third-order valence-corrected chi connectivity index (χ3v) is 2.85. The number of anilines is 2. The van der Waals surface area contributed by atoms with Gasteiger partial charge in [-0.25, -0.2) is 9.78 Å². The second kappa shape index (κ2) is 5.96. The second-order valence-corrected chi connectivity index (χ2v) is 4.48. The number of benzene rings is 1. The molecule has 0 radical (unpaired) electrons. The first-order chi connectivity index (χ1) is 9.15. The average Bonchev–Trinajstić information content (AvgIpc) is 2.89. The maximum atomic E-state index is 11.6. The molecule has 0 atom stereocenters. The Balaban J connectivity index is 1.83. The summed E-state index contributed by atoms with van der Waals surface area (Å²) in [4.78, 5) is 26.9. The Morgan fingerprint density at radius 3 is 2.68 bits per heavy atom. The Labute approximate surface area is 113 Å². The molecule has 1 heterocycles. The fourth-order valence-electron chi connectivity index (χ4n) is 1.27. The van der Waals surface area contributed by atoms with Gasteiger partial charge in [0.2, 0.25) is 0 Å². The van der Waals surface area contributed by atoms with Crippen molar-refractivity contribution in [2.45, 2.75) is 0 Å². The number of carbonyl (C=O) groups excluding carboxylic acids is 2. The van der Waals surface area contributed by atoms with Gasteiger partial charge in [-0.05, 0) is 24.3 Å². The van der Waals surface area contributed by atoms with E-state index in [2.05, 4.69) is 10.3 Å². The van der Waals surface area contributed by atoms with Gasteiger partial charge in [-0.2, -0.15) is 0 Å². The van der Waals surface area contributed by atoms with Gasteiger partial charge in [-0.15, -0.1) is 11.3 Å². The molecule has 0 saturated heterocycles. The normalized spacial score (nSPS) is 9.89. The van der Waals surface area contributed by atoms with E-state index in [4.69, 9.17) is 10.5 Å². The molecule has 7 heteroatoms. The predicted octanol–water partition coefficient (Wildman–Crippen LogP) is 1.52. The zero-order chi connectivity index (χ0) is 13.7. The van der Waals surface area contributed by atoms with Crippen molar-refractivity contribution in [2.75, 3.05) is 17.7 Å². The van der Waals surface area contributed by atoms with Gasteiger partial charge in [0.15, 0.2) is 11.7 Å². The number of hydrogen-bond donors (Lipinski definition) is 2. The van der Waals surface area contributed by atoms with Crippen LogP contribution in [-0.4, -0.2) is 23.5 Å². The quantitative estimate of drug-likeness (QED) is 0.652. The van der Waals surface area contributed by atoms with Crippen molar-refractivity contribution in [3.8, 4) is 0 Å². The maximum Gasteiger partial charge on any atom is 0.338 e. The number of aromatic nitrogens is 1. The standard InChI is InChI=1S/C12H11N3O3S/c13-9-3-1-8(2-4-9)11(17)18-7-10(16)15-12-14-5-6-19-12/h1-6H,7,13H2,(H,14,15,16). The van der Waals surface area contributed by atoms with Crippen LogP contribution in [-0.2, 0) is 9.53 Å². The first kappa shape index (κ1) is 13.0. The van der Waals surface area contributed by atoms with Gasteiger partial charge in [0, 0.05) is 17.3 Å². The number of ether oxygens (including phenoxy) is 1. The van der Waals surface area contributed by atoms with Gasteiger partial charge in [0.1, 0.15) is 0 Å². The fourth-order valence-corrected chi connectivity index (χ4v) is 1.82. The van der Waals surface area contributed by atoms with Crippen molar-refractivity contribution in [1.29, 1.82) is 0 Å². The lowest BCUT2D eigenvalue weighted by Gasteiger charge is -2.04. The summed E-state index contributed by atoms with van der Waals surface area (Å²) in [5.74, 6) is -1.01. The van der Waals surface area contributed by atoms with Crippen molar-refractivity contribution in [3.63, 3.8) is 0 Å². The number of amides is 1. The molecule has 0 aliphatic carbocycles. The van der Waals surface area contributed by atoms with E-state index >= 15 is 0 Å². The lowest BCUT2D eigenvalue weighted by atomic mass is 10.2. The Bertz CT molecular complexity index is 566. The minimum absolute atomic E-state index is 0.344. The largest absolute Gasteiger partial charge is 0.452 e. The molecule has 19 heavy (non-hydrogen) atoms. The van der Waals surface area contributed by atoms with Crippen LogP contribution in [0.3, 0.4) is 0 Å². The van der Waals surface area contributed by atoms with Crippen LogP contribution in [0.5, 0.6) is 0 Å². The molecule has 0 spiro atoms. The third kappa shape index (κ3) is 3.78. The fraction of sp³-hybridized carbons (Fsp3) is 0.0833. The topological polar surface area (TPSA) is 94.3 Å². The summed E-state index contributed by atoms with van der Waals surface area (Å²) in [5.41, 5.74) is 6.40. The van der Waals surface area contributed by atoms with Gasteiger partial charge < -0.3 is 10.5 Å². The van der Waals surface area contributed by atoms with E-state index in [9.17, 15) is 9.59 Å². The zero-order valence-corrected chi connectivity index (χ0v) is 10.6. The van der Waals surface area contributed by atoms with Crippen LogP contribution in [0.25, 0.3) is 0 Å². The van der Waals surface area contributed by atoms with Gasteiger partial charge in [-0.3, -0.25) is 10.1 Å². The van der Waals surface area contributed by atoms with E-state index in [0.29, 0.717) is 16.4 Å². The monoisotopic (exact) mass is 277 g/mol. The Kier molecular flexibility index (Phi) is 4.09. The lowest BCUT2D eigenvalue weighted by molar-refractivity contribution is -0.119. The molecule has 2 rings (SSSR count). The molecule has 0 bridgehead atoms. The summed E-state index contributed by atoms with van der Waals surface area (Å²) in [5, 5.41) is 4.71. The summed E-state index contributed by atoms with van der Waals surface area (Å²) in [6.45, 7) is -0.358. The molecule has 1 amide bonds. The van der Waals surface area contributed by atoms with Crippen molar-refractivity contribution in [3.05, 3.63) is 41.4 Å². The van der Waals surface area contributed by atoms with Gasteiger partial charge in [0.25, 0.3) is 5.91 Å². The molecule has 3 N–H and O–H groups in total. The highest BCUT2D eigenvalue weighted by Crippen LogP contribution is 2.10. The highest BCUT2D eigenvalue weighted by molar-refractivity contribution is 7.13. The van der Waals surface area contributed by atoms with Crippen LogP contribution in [0, 0.1) is 0 Å². The smallest absolute Gasteiger partial charge is 0.338 e.